The van der Waals surface area contributed by atoms with Gasteiger partial charge >= 0.3 is 0 Å². The first-order valence-electron chi connectivity index (χ1n) is 7.02. The van der Waals surface area contributed by atoms with Crippen LogP contribution < -0.4 is 5.32 Å². The zero-order valence-corrected chi connectivity index (χ0v) is 12.3. The zero-order chi connectivity index (χ0) is 13.5. The lowest BCUT2D eigenvalue weighted by atomic mass is 10.1. The fourth-order valence-corrected chi connectivity index (χ4v) is 3.88. The second-order valence-corrected chi connectivity index (χ2v) is 6.33. The molecule has 0 aliphatic heterocycles. The summed E-state index contributed by atoms with van der Waals surface area (Å²) in [5, 5.41) is 5.79. The van der Waals surface area contributed by atoms with Crippen LogP contribution in [0.15, 0.2) is 35.8 Å². The van der Waals surface area contributed by atoms with E-state index in [0.29, 0.717) is 6.04 Å². The molecule has 4 heteroatoms. The van der Waals surface area contributed by atoms with Crippen LogP contribution in [0.25, 0.3) is 4.96 Å². The molecule has 0 radical (unpaired) electrons. The predicted molar refractivity (Wildman–Crippen MR) is 82.3 cm³/mol. The second-order valence-electron chi connectivity index (χ2n) is 5.45. The van der Waals surface area contributed by atoms with Crippen LogP contribution in [0.1, 0.15) is 22.5 Å². The number of fused-ring (bicyclic) bond motifs is 2. The number of benzene rings is 1. The van der Waals surface area contributed by atoms with Gasteiger partial charge in [0.15, 0.2) is 4.96 Å². The molecule has 0 bridgehead atoms. The molecule has 4 rings (SSSR count). The highest BCUT2D eigenvalue weighted by atomic mass is 32.1. The van der Waals surface area contributed by atoms with E-state index in [1.54, 1.807) is 11.3 Å². The molecule has 1 aliphatic rings. The molecule has 0 saturated heterocycles. The second kappa shape index (κ2) is 4.72. The smallest absolute Gasteiger partial charge is 0.194 e. The van der Waals surface area contributed by atoms with E-state index in [9.17, 15) is 0 Å². The van der Waals surface area contributed by atoms with Gasteiger partial charge in [0.05, 0.1) is 11.4 Å². The minimum absolute atomic E-state index is 0.552. The van der Waals surface area contributed by atoms with Crippen molar-refractivity contribution in [1.29, 1.82) is 0 Å². The Morgan fingerprint density at radius 1 is 1.30 bits per heavy atom. The van der Waals surface area contributed by atoms with Crippen molar-refractivity contribution in [3.05, 3.63) is 58.4 Å². The molecule has 2 heterocycles. The highest BCUT2D eigenvalue weighted by molar-refractivity contribution is 7.15. The van der Waals surface area contributed by atoms with E-state index in [0.717, 1.165) is 30.0 Å². The van der Waals surface area contributed by atoms with E-state index < -0.39 is 0 Å². The minimum Gasteiger partial charge on any atom is -0.308 e. The number of imidazole rings is 1. The Balaban J connectivity index is 1.49. The number of nitrogens with zero attached hydrogens (tertiary/aromatic N) is 2. The Kier molecular flexibility index (Phi) is 2.86. The van der Waals surface area contributed by atoms with Gasteiger partial charge in [-0.25, -0.2) is 4.98 Å². The molecule has 102 valence electrons. The molecule has 20 heavy (non-hydrogen) atoms. The number of hydrogen-bond donors (Lipinski definition) is 1. The van der Waals surface area contributed by atoms with Crippen molar-refractivity contribution in [2.45, 2.75) is 32.4 Å². The first-order valence-corrected chi connectivity index (χ1v) is 7.90. The summed E-state index contributed by atoms with van der Waals surface area (Å²) in [6.45, 7) is 2.99. The predicted octanol–water partition coefficient (Wildman–Crippen LogP) is 2.96. The van der Waals surface area contributed by atoms with E-state index in [1.807, 2.05) is 0 Å². The average molecular weight is 283 g/mol. The molecule has 0 saturated carbocycles. The Bertz CT molecular complexity index is 731. The van der Waals surface area contributed by atoms with E-state index >= 15 is 0 Å². The highest BCUT2D eigenvalue weighted by Crippen LogP contribution is 2.22. The fraction of sp³-hybridized carbons (Fsp3) is 0.312. The molecule has 0 unspecified atom stereocenters. The molecule has 1 N–H and O–H groups in total. The van der Waals surface area contributed by atoms with Gasteiger partial charge in [-0.2, -0.15) is 0 Å². The maximum atomic E-state index is 4.60. The lowest BCUT2D eigenvalue weighted by Crippen LogP contribution is -2.29. The summed E-state index contributed by atoms with van der Waals surface area (Å²) in [4.78, 5) is 5.69. The first-order chi connectivity index (χ1) is 9.81. The van der Waals surface area contributed by atoms with Gasteiger partial charge in [0.25, 0.3) is 0 Å². The van der Waals surface area contributed by atoms with Gasteiger partial charge in [-0.1, -0.05) is 24.3 Å². The van der Waals surface area contributed by atoms with E-state index in [2.05, 4.69) is 57.5 Å². The SMILES string of the molecule is Cc1nc2sccn2c1CNC1Cc2ccccc2C1. The summed E-state index contributed by atoms with van der Waals surface area (Å²) in [5.41, 5.74) is 5.42. The summed E-state index contributed by atoms with van der Waals surface area (Å²) in [7, 11) is 0. The summed E-state index contributed by atoms with van der Waals surface area (Å²) in [5.74, 6) is 0. The summed E-state index contributed by atoms with van der Waals surface area (Å²) in [6.07, 6.45) is 4.39. The lowest BCUT2D eigenvalue weighted by Gasteiger charge is -2.11. The molecule has 0 amide bonds. The number of aryl methyl sites for hydroxylation is 1. The molecule has 1 aliphatic carbocycles. The van der Waals surface area contributed by atoms with Gasteiger partial charge in [-0.05, 0) is 30.9 Å². The number of thiazole rings is 1. The standard InChI is InChI=1S/C16H17N3S/c1-11-15(19-6-7-20-16(19)18-11)10-17-14-8-12-4-2-3-5-13(12)9-14/h2-7,14,17H,8-10H2,1H3. The molecule has 1 aromatic carbocycles. The Labute approximate surface area is 122 Å². The monoisotopic (exact) mass is 283 g/mol. The third kappa shape index (κ3) is 1.96. The Morgan fingerprint density at radius 2 is 2.05 bits per heavy atom. The average Bonchev–Trinajstić information content (AvgIpc) is 3.10. The zero-order valence-electron chi connectivity index (χ0n) is 11.5. The maximum Gasteiger partial charge on any atom is 0.194 e. The number of nitrogens with one attached hydrogen (secondary N) is 1. The third-order valence-corrected chi connectivity index (χ3v) is 4.93. The van der Waals surface area contributed by atoms with Crippen LogP contribution in [-0.2, 0) is 19.4 Å². The molecule has 0 fully saturated rings. The number of rotatable bonds is 3. The minimum atomic E-state index is 0.552. The van der Waals surface area contributed by atoms with Crippen molar-refractivity contribution in [1.82, 2.24) is 14.7 Å². The molecule has 0 atom stereocenters. The third-order valence-electron chi connectivity index (χ3n) is 4.17. The fourth-order valence-electron chi connectivity index (χ4n) is 3.10. The van der Waals surface area contributed by atoms with Crippen LogP contribution in [0, 0.1) is 6.92 Å². The topological polar surface area (TPSA) is 29.3 Å². The van der Waals surface area contributed by atoms with E-state index in [4.69, 9.17) is 0 Å². The van der Waals surface area contributed by atoms with Gasteiger partial charge < -0.3 is 5.32 Å². The number of hydrogen-bond acceptors (Lipinski definition) is 3. The molecule has 3 aromatic rings. The highest BCUT2D eigenvalue weighted by Gasteiger charge is 2.21. The molecular weight excluding hydrogens is 266 g/mol. The van der Waals surface area contributed by atoms with Crippen molar-refractivity contribution >= 4 is 16.3 Å². The van der Waals surface area contributed by atoms with Gasteiger partial charge in [-0.15, -0.1) is 11.3 Å². The Morgan fingerprint density at radius 3 is 2.80 bits per heavy atom. The van der Waals surface area contributed by atoms with Gasteiger partial charge in [0, 0.05) is 24.2 Å². The van der Waals surface area contributed by atoms with Gasteiger partial charge in [0.1, 0.15) is 0 Å². The summed E-state index contributed by atoms with van der Waals surface area (Å²) >= 11 is 1.69. The normalized spacial score (nSPS) is 15.1. The van der Waals surface area contributed by atoms with Crippen molar-refractivity contribution < 1.29 is 0 Å². The number of aromatic nitrogens is 2. The maximum absolute atomic E-state index is 4.60. The van der Waals surface area contributed by atoms with Crippen molar-refractivity contribution in [2.75, 3.05) is 0 Å². The molecule has 2 aromatic heterocycles. The molecular formula is C16H17N3S. The summed E-state index contributed by atoms with van der Waals surface area (Å²) in [6, 6.07) is 9.32. The van der Waals surface area contributed by atoms with Gasteiger partial charge in [-0.3, -0.25) is 4.40 Å². The van der Waals surface area contributed by atoms with Crippen LogP contribution in [0.4, 0.5) is 0 Å². The molecule has 0 spiro atoms. The van der Waals surface area contributed by atoms with Crippen LogP contribution in [0.5, 0.6) is 0 Å². The van der Waals surface area contributed by atoms with E-state index in [1.165, 1.54) is 16.8 Å². The molecule has 3 nitrogen and oxygen atoms in total. The van der Waals surface area contributed by atoms with Crippen LogP contribution in [-0.4, -0.2) is 15.4 Å². The van der Waals surface area contributed by atoms with Crippen molar-refractivity contribution in [3.8, 4) is 0 Å². The van der Waals surface area contributed by atoms with Gasteiger partial charge in [0.2, 0.25) is 0 Å². The quantitative estimate of drug-likeness (QED) is 0.801. The van der Waals surface area contributed by atoms with Crippen LogP contribution in [0.3, 0.4) is 0 Å². The van der Waals surface area contributed by atoms with E-state index in [-0.39, 0.29) is 0 Å². The van der Waals surface area contributed by atoms with Crippen molar-refractivity contribution in [3.63, 3.8) is 0 Å². The Hall–Kier alpha value is -1.65. The summed E-state index contributed by atoms with van der Waals surface area (Å²) < 4.78 is 2.20. The first kappa shape index (κ1) is 12.1. The van der Waals surface area contributed by atoms with Crippen LogP contribution in [0.2, 0.25) is 0 Å². The van der Waals surface area contributed by atoms with Crippen LogP contribution >= 0.6 is 11.3 Å². The lowest BCUT2D eigenvalue weighted by molar-refractivity contribution is 0.525. The largest absolute Gasteiger partial charge is 0.308 e. The van der Waals surface area contributed by atoms with Crippen molar-refractivity contribution in [2.24, 2.45) is 0 Å².